The number of carbonyl (C=O) groups is 2. The van der Waals surface area contributed by atoms with E-state index in [-0.39, 0.29) is 41.6 Å². The number of rotatable bonds is 5. The second kappa shape index (κ2) is 7.16. The van der Waals surface area contributed by atoms with Crippen molar-refractivity contribution >= 4 is 23.7 Å². The summed E-state index contributed by atoms with van der Waals surface area (Å²) < 4.78 is 6.87. The molecule has 0 aliphatic heterocycles. The van der Waals surface area contributed by atoms with Gasteiger partial charge in [-0.15, -0.1) is 5.10 Å². The second-order valence-electron chi connectivity index (χ2n) is 8.80. The van der Waals surface area contributed by atoms with Crippen LogP contribution in [0.1, 0.15) is 37.6 Å². The number of aromatic nitrogens is 3. The van der Waals surface area contributed by atoms with Gasteiger partial charge >= 0.3 is 0 Å². The fraction of sp³-hybridized carbons (Fsp3) is 0.429. The summed E-state index contributed by atoms with van der Waals surface area (Å²) in [5.41, 5.74) is 11.5. The third kappa shape index (κ3) is 3.74. The van der Waals surface area contributed by atoms with Crippen LogP contribution in [0.15, 0.2) is 36.4 Å². The highest BCUT2D eigenvalue weighted by molar-refractivity contribution is 5.97. The summed E-state index contributed by atoms with van der Waals surface area (Å²) in [5, 5.41) is 7.40. The third-order valence-corrected chi connectivity index (χ3v) is 5.41. The van der Waals surface area contributed by atoms with E-state index >= 15 is 0 Å². The number of nitrogens with zero attached hydrogens (tertiary/aromatic N) is 3. The van der Waals surface area contributed by atoms with E-state index in [0.29, 0.717) is 11.3 Å². The molecular weight excluding hydrogens is 384 g/mol. The number of anilines is 2. The minimum absolute atomic E-state index is 0.0426. The first kappa shape index (κ1) is 19.9. The molecule has 158 valence electrons. The number of nitrogens with two attached hydrogens (primary N) is 2. The number of fused-ring (bicyclic) bond motifs is 2. The average molecular weight is 410 g/mol. The molecular formula is C21H26N6O3. The summed E-state index contributed by atoms with van der Waals surface area (Å²) in [4.78, 5) is 29.0. The summed E-state index contributed by atoms with van der Waals surface area (Å²) in [6, 6.07) is 6.61. The molecule has 2 bridgehead atoms. The first-order valence-electron chi connectivity index (χ1n) is 9.93. The Morgan fingerprint density at radius 2 is 1.97 bits per heavy atom. The average Bonchev–Trinajstić information content (AvgIpc) is 3.34. The zero-order valence-corrected chi connectivity index (χ0v) is 17.2. The maximum Gasteiger partial charge on any atom is 0.281 e. The van der Waals surface area contributed by atoms with Gasteiger partial charge in [-0.2, -0.15) is 9.67 Å². The fourth-order valence-corrected chi connectivity index (χ4v) is 4.26. The molecule has 9 heteroatoms. The van der Waals surface area contributed by atoms with Gasteiger partial charge in [-0.1, -0.05) is 18.2 Å². The Balaban J connectivity index is 1.55. The van der Waals surface area contributed by atoms with E-state index < -0.39 is 11.5 Å². The minimum Gasteiger partial charge on any atom is -0.488 e. The van der Waals surface area contributed by atoms with Gasteiger partial charge in [0, 0.05) is 11.6 Å². The summed E-state index contributed by atoms with van der Waals surface area (Å²) >= 11 is 0. The van der Waals surface area contributed by atoms with Crippen molar-refractivity contribution in [1.29, 1.82) is 0 Å². The zero-order chi connectivity index (χ0) is 21.6. The Morgan fingerprint density at radius 3 is 2.67 bits per heavy atom. The molecule has 4 atom stereocenters. The monoisotopic (exact) mass is 410 g/mol. The Morgan fingerprint density at radius 1 is 1.23 bits per heavy atom. The molecule has 4 rings (SSSR count). The van der Waals surface area contributed by atoms with E-state index in [1.165, 1.54) is 0 Å². The van der Waals surface area contributed by atoms with Gasteiger partial charge in [-0.25, -0.2) is 0 Å². The molecule has 2 aliphatic carbocycles. The number of nitrogen functional groups attached to an aromatic ring is 1. The maximum absolute atomic E-state index is 12.9. The zero-order valence-electron chi connectivity index (χ0n) is 17.2. The van der Waals surface area contributed by atoms with Crippen molar-refractivity contribution in [2.45, 2.75) is 38.8 Å². The van der Waals surface area contributed by atoms with Crippen LogP contribution in [0.4, 0.5) is 11.9 Å². The lowest BCUT2D eigenvalue weighted by atomic mass is 9.88. The molecule has 2 aromatic rings. The predicted octanol–water partition coefficient (Wildman–Crippen LogP) is 1.81. The molecule has 2 aliphatic rings. The van der Waals surface area contributed by atoms with Crippen LogP contribution >= 0.6 is 0 Å². The van der Waals surface area contributed by atoms with Crippen molar-refractivity contribution in [2.24, 2.45) is 23.5 Å². The number of benzene rings is 1. The number of allylic oxidation sites excluding steroid dienone is 1. The lowest BCUT2D eigenvalue weighted by Crippen LogP contribution is -2.41. The first-order valence-corrected chi connectivity index (χ1v) is 9.93. The van der Waals surface area contributed by atoms with Crippen LogP contribution in [0.2, 0.25) is 0 Å². The smallest absolute Gasteiger partial charge is 0.281 e. The van der Waals surface area contributed by atoms with Gasteiger partial charge in [-0.05, 0) is 57.2 Å². The lowest BCUT2D eigenvalue weighted by Gasteiger charge is -2.25. The third-order valence-electron chi connectivity index (χ3n) is 5.41. The van der Waals surface area contributed by atoms with Gasteiger partial charge < -0.3 is 21.5 Å². The van der Waals surface area contributed by atoms with Crippen molar-refractivity contribution < 1.29 is 14.3 Å². The van der Waals surface area contributed by atoms with Gasteiger partial charge in [0.25, 0.3) is 5.91 Å². The van der Waals surface area contributed by atoms with E-state index in [9.17, 15) is 9.59 Å². The molecule has 1 amide bonds. The van der Waals surface area contributed by atoms with Crippen LogP contribution in [0.3, 0.4) is 0 Å². The molecule has 9 nitrogen and oxygen atoms in total. The Labute approximate surface area is 174 Å². The molecule has 30 heavy (non-hydrogen) atoms. The Kier molecular flexibility index (Phi) is 4.76. The molecule has 4 unspecified atom stereocenters. The number of ether oxygens (including phenoxy) is 1. The SMILES string of the molecule is CC(C)(C)Oc1cccc(C(=O)n2nc(NC3C4C=CC(C4)C3C(N)=O)nc2N)c1. The van der Waals surface area contributed by atoms with Crippen LogP contribution in [-0.2, 0) is 4.79 Å². The number of primary amides is 1. The summed E-state index contributed by atoms with van der Waals surface area (Å²) in [6.45, 7) is 5.79. The summed E-state index contributed by atoms with van der Waals surface area (Å²) in [6.07, 6.45) is 4.98. The van der Waals surface area contributed by atoms with E-state index in [2.05, 4.69) is 21.5 Å². The largest absolute Gasteiger partial charge is 0.488 e. The molecule has 0 radical (unpaired) electrons. The van der Waals surface area contributed by atoms with Crippen molar-refractivity contribution in [2.75, 3.05) is 11.1 Å². The van der Waals surface area contributed by atoms with E-state index in [0.717, 1.165) is 11.1 Å². The lowest BCUT2D eigenvalue weighted by molar-refractivity contribution is -0.122. The van der Waals surface area contributed by atoms with Gasteiger partial charge in [0.2, 0.25) is 17.8 Å². The van der Waals surface area contributed by atoms with Gasteiger partial charge in [0.05, 0.1) is 5.92 Å². The van der Waals surface area contributed by atoms with Gasteiger partial charge in [0.15, 0.2) is 0 Å². The fourth-order valence-electron chi connectivity index (χ4n) is 4.26. The number of hydrogen-bond acceptors (Lipinski definition) is 7. The van der Waals surface area contributed by atoms with Gasteiger partial charge in [-0.3, -0.25) is 9.59 Å². The molecule has 1 saturated carbocycles. The molecule has 1 aromatic carbocycles. The van der Waals surface area contributed by atoms with Crippen molar-refractivity contribution in [3.05, 3.63) is 42.0 Å². The summed E-state index contributed by atoms with van der Waals surface area (Å²) in [5.74, 6) is -0.105. The van der Waals surface area contributed by atoms with E-state index in [1.54, 1.807) is 24.3 Å². The first-order chi connectivity index (χ1) is 14.1. The van der Waals surface area contributed by atoms with Crippen LogP contribution in [0.25, 0.3) is 0 Å². The molecule has 1 aromatic heterocycles. The maximum atomic E-state index is 12.9. The Hall–Kier alpha value is -3.36. The standard InChI is InChI=1S/C21H26N6O3/c1-21(2,3)30-14-6-4-5-13(10-14)18(29)27-19(23)25-20(26-27)24-16-12-8-7-11(9-12)15(16)17(22)28/h4-8,10-12,15-16H,9H2,1-3H3,(H2,22,28)(H3,23,24,25,26). The topological polar surface area (TPSA) is 138 Å². The van der Waals surface area contributed by atoms with E-state index in [1.807, 2.05) is 26.8 Å². The second-order valence-corrected chi connectivity index (χ2v) is 8.80. The quantitative estimate of drug-likeness (QED) is 0.639. The molecule has 0 saturated heterocycles. The number of amides is 1. The minimum atomic E-state index is -0.424. The highest BCUT2D eigenvalue weighted by atomic mass is 16.5. The van der Waals surface area contributed by atoms with Crippen LogP contribution in [-0.4, -0.2) is 38.2 Å². The highest BCUT2D eigenvalue weighted by Gasteiger charge is 2.47. The van der Waals surface area contributed by atoms with E-state index in [4.69, 9.17) is 16.2 Å². The van der Waals surface area contributed by atoms with Crippen molar-refractivity contribution in [3.8, 4) is 5.75 Å². The molecule has 5 N–H and O–H groups in total. The van der Waals surface area contributed by atoms with Crippen LogP contribution in [0, 0.1) is 17.8 Å². The van der Waals surface area contributed by atoms with Crippen LogP contribution < -0.4 is 21.5 Å². The van der Waals surface area contributed by atoms with Crippen LogP contribution in [0.5, 0.6) is 5.75 Å². The number of carbonyl (C=O) groups excluding carboxylic acids is 2. The van der Waals surface area contributed by atoms with Crippen molar-refractivity contribution in [1.82, 2.24) is 14.8 Å². The number of nitrogens with one attached hydrogen (secondary N) is 1. The normalized spacial score (nSPS) is 24.8. The Bertz CT molecular complexity index is 1020. The highest BCUT2D eigenvalue weighted by Crippen LogP contribution is 2.44. The number of hydrogen-bond donors (Lipinski definition) is 3. The molecule has 1 heterocycles. The van der Waals surface area contributed by atoms with Crippen molar-refractivity contribution in [3.63, 3.8) is 0 Å². The van der Waals surface area contributed by atoms with Gasteiger partial charge in [0.1, 0.15) is 11.4 Å². The molecule has 0 spiro atoms. The predicted molar refractivity (Wildman–Crippen MR) is 112 cm³/mol. The molecule has 1 fully saturated rings. The summed E-state index contributed by atoms with van der Waals surface area (Å²) in [7, 11) is 0.